The fourth-order valence-electron chi connectivity index (χ4n) is 2.20. The molecule has 18 heavy (non-hydrogen) atoms. The van der Waals surface area contributed by atoms with Gasteiger partial charge >= 0.3 is 0 Å². The van der Waals surface area contributed by atoms with Crippen molar-refractivity contribution in [2.24, 2.45) is 0 Å². The summed E-state index contributed by atoms with van der Waals surface area (Å²) in [6.45, 7) is 1.04. The van der Waals surface area contributed by atoms with Gasteiger partial charge in [-0.25, -0.2) is 9.37 Å². The molecule has 0 amide bonds. The zero-order valence-corrected chi connectivity index (χ0v) is 12.0. The summed E-state index contributed by atoms with van der Waals surface area (Å²) in [5.74, 6) is -0.232. The normalized spacial score (nSPS) is 19.3. The van der Waals surface area contributed by atoms with E-state index >= 15 is 0 Å². The first-order chi connectivity index (χ1) is 8.75. The average Bonchev–Trinajstić information content (AvgIpc) is 2.99. The van der Waals surface area contributed by atoms with Gasteiger partial charge in [0.05, 0.1) is 17.3 Å². The van der Waals surface area contributed by atoms with Crippen molar-refractivity contribution < 1.29 is 4.39 Å². The van der Waals surface area contributed by atoms with Crippen LogP contribution < -0.4 is 5.32 Å². The van der Waals surface area contributed by atoms with Crippen LogP contribution >= 0.6 is 27.3 Å². The van der Waals surface area contributed by atoms with Crippen molar-refractivity contribution in [2.75, 3.05) is 6.54 Å². The monoisotopic (exact) mass is 326 g/mol. The van der Waals surface area contributed by atoms with Crippen molar-refractivity contribution in [3.8, 4) is 10.6 Å². The molecule has 2 heterocycles. The molecule has 94 valence electrons. The molecule has 1 aliphatic heterocycles. The van der Waals surface area contributed by atoms with Crippen LogP contribution in [0.2, 0.25) is 0 Å². The summed E-state index contributed by atoms with van der Waals surface area (Å²) in [5.41, 5.74) is 1.59. The molecule has 0 spiro atoms. The maximum Gasteiger partial charge on any atom is 0.134 e. The van der Waals surface area contributed by atoms with Crippen molar-refractivity contribution in [1.29, 1.82) is 0 Å². The third-order valence-corrected chi connectivity index (χ3v) is 4.65. The summed E-state index contributed by atoms with van der Waals surface area (Å²) in [4.78, 5) is 4.57. The van der Waals surface area contributed by atoms with Crippen LogP contribution in [-0.2, 0) is 0 Å². The van der Waals surface area contributed by atoms with Gasteiger partial charge in [0.2, 0.25) is 0 Å². The van der Waals surface area contributed by atoms with Gasteiger partial charge in [-0.3, -0.25) is 0 Å². The number of halogens is 2. The van der Waals surface area contributed by atoms with E-state index in [4.69, 9.17) is 0 Å². The van der Waals surface area contributed by atoms with Gasteiger partial charge < -0.3 is 5.32 Å². The Balaban J connectivity index is 1.97. The van der Waals surface area contributed by atoms with Crippen LogP contribution in [0.25, 0.3) is 10.6 Å². The number of benzene rings is 1. The van der Waals surface area contributed by atoms with Gasteiger partial charge in [-0.2, -0.15) is 0 Å². The number of nitrogens with one attached hydrogen (secondary N) is 1. The minimum atomic E-state index is -0.232. The van der Waals surface area contributed by atoms with Crippen LogP contribution in [0.4, 0.5) is 4.39 Å². The lowest BCUT2D eigenvalue weighted by molar-refractivity contribution is 0.626. The summed E-state index contributed by atoms with van der Waals surface area (Å²) in [6, 6.07) is 5.33. The Hall–Kier alpha value is -0.780. The molecular weight excluding hydrogens is 315 g/mol. The largest absolute Gasteiger partial charge is 0.309 e. The van der Waals surface area contributed by atoms with Crippen molar-refractivity contribution >= 4 is 27.3 Å². The molecule has 0 aliphatic carbocycles. The molecule has 1 atom stereocenters. The molecule has 0 saturated carbocycles. The molecule has 0 bridgehead atoms. The Labute approximate surface area is 117 Å². The first-order valence-corrected chi connectivity index (χ1v) is 7.56. The number of hydrogen-bond donors (Lipinski definition) is 1. The van der Waals surface area contributed by atoms with E-state index in [1.807, 2.05) is 11.4 Å². The van der Waals surface area contributed by atoms with E-state index in [0.717, 1.165) is 28.1 Å². The Bertz CT molecular complexity index is 544. The van der Waals surface area contributed by atoms with E-state index in [-0.39, 0.29) is 5.82 Å². The Morgan fingerprint density at radius 3 is 3.06 bits per heavy atom. The second-order valence-electron chi connectivity index (χ2n) is 4.32. The summed E-state index contributed by atoms with van der Waals surface area (Å²) in [7, 11) is 0. The molecule has 1 saturated heterocycles. The number of thiazole rings is 1. The standard InChI is InChI=1S/C13H12BrFN2S/c14-8-3-1-4-9(15)12(8)13-17-11(7-18-13)10-5-2-6-16-10/h1,3-4,7,10,16H,2,5-6H2/t10-/m0/s1. The molecular formula is C13H12BrFN2S. The lowest BCUT2D eigenvalue weighted by atomic mass is 10.2. The highest BCUT2D eigenvalue weighted by molar-refractivity contribution is 9.10. The number of nitrogens with zero attached hydrogens (tertiary/aromatic N) is 1. The van der Waals surface area contributed by atoms with Crippen LogP contribution in [-0.4, -0.2) is 11.5 Å². The fourth-order valence-corrected chi connectivity index (χ4v) is 3.79. The Kier molecular flexibility index (Phi) is 3.46. The van der Waals surface area contributed by atoms with Gasteiger partial charge in [-0.1, -0.05) is 6.07 Å². The molecule has 2 nitrogen and oxygen atoms in total. The quantitative estimate of drug-likeness (QED) is 0.897. The predicted molar refractivity (Wildman–Crippen MR) is 75.2 cm³/mol. The van der Waals surface area contributed by atoms with Gasteiger partial charge in [-0.05, 0) is 47.4 Å². The highest BCUT2D eigenvalue weighted by Crippen LogP contribution is 2.35. The Morgan fingerprint density at radius 2 is 2.33 bits per heavy atom. The van der Waals surface area contributed by atoms with Crippen molar-refractivity contribution in [3.05, 3.63) is 39.6 Å². The lowest BCUT2D eigenvalue weighted by Gasteiger charge is -2.05. The zero-order valence-electron chi connectivity index (χ0n) is 9.62. The van der Waals surface area contributed by atoms with Crippen molar-refractivity contribution in [3.63, 3.8) is 0 Å². The van der Waals surface area contributed by atoms with Gasteiger partial charge in [-0.15, -0.1) is 11.3 Å². The van der Waals surface area contributed by atoms with E-state index in [0.29, 0.717) is 11.6 Å². The van der Waals surface area contributed by atoms with Gasteiger partial charge in [0.15, 0.2) is 0 Å². The first kappa shape index (κ1) is 12.3. The number of rotatable bonds is 2. The van der Waals surface area contributed by atoms with Gasteiger partial charge in [0.25, 0.3) is 0 Å². The highest BCUT2D eigenvalue weighted by atomic mass is 79.9. The highest BCUT2D eigenvalue weighted by Gasteiger charge is 2.20. The molecule has 1 N–H and O–H groups in total. The summed E-state index contributed by atoms with van der Waals surface area (Å²) in [5, 5.41) is 6.17. The average molecular weight is 327 g/mol. The third-order valence-electron chi connectivity index (χ3n) is 3.12. The van der Waals surface area contributed by atoms with Crippen LogP contribution in [0.5, 0.6) is 0 Å². The van der Waals surface area contributed by atoms with Crippen molar-refractivity contribution in [2.45, 2.75) is 18.9 Å². The molecule has 1 fully saturated rings. The molecule has 3 rings (SSSR count). The summed E-state index contributed by atoms with van der Waals surface area (Å²) >= 11 is 4.88. The van der Waals surface area contributed by atoms with Gasteiger partial charge in [0.1, 0.15) is 10.8 Å². The molecule has 5 heteroatoms. The molecule has 1 aliphatic rings. The number of hydrogen-bond acceptors (Lipinski definition) is 3. The van der Waals surface area contributed by atoms with E-state index in [1.54, 1.807) is 6.07 Å². The van der Waals surface area contributed by atoms with Crippen LogP contribution in [0.1, 0.15) is 24.6 Å². The molecule has 1 aromatic carbocycles. The van der Waals surface area contributed by atoms with Crippen molar-refractivity contribution in [1.82, 2.24) is 10.3 Å². The summed E-state index contributed by atoms with van der Waals surface area (Å²) < 4.78 is 14.6. The SMILES string of the molecule is Fc1cccc(Br)c1-c1nc([C@@H]2CCCN2)cs1. The van der Waals surface area contributed by atoms with E-state index < -0.39 is 0 Å². The molecule has 0 unspecified atom stereocenters. The second kappa shape index (κ2) is 5.07. The second-order valence-corrected chi connectivity index (χ2v) is 6.04. The Morgan fingerprint density at radius 1 is 1.44 bits per heavy atom. The number of aromatic nitrogens is 1. The minimum Gasteiger partial charge on any atom is -0.309 e. The van der Waals surface area contributed by atoms with Crippen LogP contribution in [0.3, 0.4) is 0 Å². The minimum absolute atomic E-state index is 0.232. The fraction of sp³-hybridized carbons (Fsp3) is 0.308. The predicted octanol–water partition coefficient (Wildman–Crippen LogP) is 4.14. The molecule has 1 aromatic heterocycles. The lowest BCUT2D eigenvalue weighted by Crippen LogP contribution is -2.12. The molecule has 0 radical (unpaired) electrons. The maximum absolute atomic E-state index is 13.8. The van der Waals surface area contributed by atoms with E-state index in [2.05, 4.69) is 26.2 Å². The smallest absolute Gasteiger partial charge is 0.134 e. The van der Waals surface area contributed by atoms with E-state index in [1.165, 1.54) is 23.8 Å². The van der Waals surface area contributed by atoms with Gasteiger partial charge in [0, 0.05) is 9.85 Å². The molecule has 2 aromatic rings. The maximum atomic E-state index is 13.8. The zero-order chi connectivity index (χ0) is 12.5. The van der Waals surface area contributed by atoms with Crippen LogP contribution in [0, 0.1) is 5.82 Å². The third kappa shape index (κ3) is 2.22. The van der Waals surface area contributed by atoms with Crippen LogP contribution in [0.15, 0.2) is 28.1 Å². The summed E-state index contributed by atoms with van der Waals surface area (Å²) in [6.07, 6.45) is 2.29. The topological polar surface area (TPSA) is 24.9 Å². The first-order valence-electron chi connectivity index (χ1n) is 5.89. The van der Waals surface area contributed by atoms with E-state index in [9.17, 15) is 4.39 Å².